The number of nitrogens with zero attached hydrogens (tertiary/aromatic N) is 1. The van der Waals surface area contributed by atoms with Gasteiger partial charge in [-0.2, -0.15) is 0 Å². The first-order valence-corrected chi connectivity index (χ1v) is 6.52. The number of aromatic nitrogens is 1. The molecule has 0 amide bonds. The molecule has 0 aliphatic carbocycles. The summed E-state index contributed by atoms with van der Waals surface area (Å²) in [5.41, 5.74) is 1.25. The number of rotatable bonds is 6. The molecule has 90 valence electrons. The summed E-state index contributed by atoms with van der Waals surface area (Å²) in [7, 11) is 1.95. The molecule has 1 aromatic heterocycles. The summed E-state index contributed by atoms with van der Waals surface area (Å²) in [5, 5.41) is 13.2. The molecular formula is C12H20N2OS. The lowest BCUT2D eigenvalue weighted by Gasteiger charge is -2.12. The number of aliphatic hydroxyl groups excluding tert-OH is 1. The number of nitrogens with one attached hydrogen (secondary N) is 1. The van der Waals surface area contributed by atoms with Crippen LogP contribution in [0, 0.1) is 5.92 Å². The normalized spacial score (nSPS) is 14.8. The monoisotopic (exact) mass is 240 g/mol. The van der Waals surface area contributed by atoms with Crippen molar-refractivity contribution in [2.24, 2.45) is 5.92 Å². The van der Waals surface area contributed by atoms with Crippen molar-refractivity contribution in [1.82, 2.24) is 10.3 Å². The highest BCUT2D eigenvalue weighted by Crippen LogP contribution is 2.21. The van der Waals surface area contributed by atoms with E-state index in [0.717, 1.165) is 10.8 Å². The molecule has 1 rings (SSSR count). The molecule has 0 radical (unpaired) electrons. The maximum absolute atomic E-state index is 8.95. The second-order valence-corrected chi connectivity index (χ2v) is 5.08. The minimum absolute atomic E-state index is 0.236. The third-order valence-electron chi connectivity index (χ3n) is 2.52. The van der Waals surface area contributed by atoms with Crippen molar-refractivity contribution in [1.29, 1.82) is 0 Å². The summed E-state index contributed by atoms with van der Waals surface area (Å²) in [6.07, 6.45) is 1.84. The minimum Gasteiger partial charge on any atom is -0.396 e. The van der Waals surface area contributed by atoms with Gasteiger partial charge in [-0.15, -0.1) is 11.8 Å². The molecule has 0 aliphatic heterocycles. The van der Waals surface area contributed by atoms with E-state index in [1.54, 1.807) is 11.8 Å². The maximum atomic E-state index is 8.95. The number of pyridine rings is 1. The molecule has 1 aromatic rings. The molecule has 2 unspecified atom stereocenters. The summed E-state index contributed by atoms with van der Waals surface area (Å²) in [4.78, 5) is 4.32. The predicted molar refractivity (Wildman–Crippen MR) is 68.7 cm³/mol. The number of thioether (sulfide) groups is 1. The Labute approximate surface area is 102 Å². The summed E-state index contributed by atoms with van der Waals surface area (Å²) in [6, 6.07) is 4.48. The van der Waals surface area contributed by atoms with E-state index in [1.165, 1.54) is 5.56 Å². The molecule has 3 nitrogen and oxygen atoms in total. The van der Waals surface area contributed by atoms with Crippen molar-refractivity contribution in [3.05, 3.63) is 23.9 Å². The summed E-state index contributed by atoms with van der Waals surface area (Å²) >= 11 is 1.70. The predicted octanol–water partition coefficient (Wildman–Crippen LogP) is 2.08. The fourth-order valence-electron chi connectivity index (χ4n) is 1.22. The van der Waals surface area contributed by atoms with Gasteiger partial charge in [-0.3, -0.25) is 0 Å². The van der Waals surface area contributed by atoms with Crippen LogP contribution in [0.3, 0.4) is 0 Å². The highest BCUT2D eigenvalue weighted by molar-refractivity contribution is 7.99. The van der Waals surface area contributed by atoms with E-state index in [-0.39, 0.29) is 6.61 Å². The van der Waals surface area contributed by atoms with Crippen molar-refractivity contribution >= 4 is 11.8 Å². The van der Waals surface area contributed by atoms with E-state index in [1.807, 2.05) is 26.2 Å². The lowest BCUT2D eigenvalue weighted by atomic mass is 10.1. The summed E-state index contributed by atoms with van der Waals surface area (Å²) in [6.45, 7) is 4.40. The van der Waals surface area contributed by atoms with Crippen LogP contribution in [0.5, 0.6) is 0 Å². The maximum Gasteiger partial charge on any atom is 0.0963 e. The first-order valence-electron chi connectivity index (χ1n) is 5.54. The Morgan fingerprint density at radius 2 is 2.25 bits per heavy atom. The molecular weight excluding hydrogens is 220 g/mol. The van der Waals surface area contributed by atoms with Crippen molar-refractivity contribution in [3.8, 4) is 0 Å². The van der Waals surface area contributed by atoms with Gasteiger partial charge in [-0.25, -0.2) is 4.98 Å². The zero-order valence-electron chi connectivity index (χ0n) is 10.1. The molecule has 0 saturated carbocycles. The molecule has 2 atom stereocenters. The zero-order valence-corrected chi connectivity index (χ0v) is 10.9. The van der Waals surface area contributed by atoms with E-state index < -0.39 is 0 Å². The van der Waals surface area contributed by atoms with Gasteiger partial charge in [-0.05, 0) is 37.6 Å². The van der Waals surface area contributed by atoms with Gasteiger partial charge in [0.15, 0.2) is 0 Å². The van der Waals surface area contributed by atoms with E-state index in [4.69, 9.17) is 5.11 Å². The van der Waals surface area contributed by atoms with Crippen LogP contribution in [-0.4, -0.2) is 29.5 Å². The van der Waals surface area contributed by atoms with Crippen LogP contribution in [0.15, 0.2) is 23.4 Å². The Kier molecular flexibility index (Phi) is 5.80. The van der Waals surface area contributed by atoms with Crippen molar-refractivity contribution in [2.45, 2.75) is 24.9 Å². The fraction of sp³-hybridized carbons (Fsp3) is 0.583. The molecule has 4 heteroatoms. The lowest BCUT2D eigenvalue weighted by molar-refractivity contribution is 0.250. The fourth-order valence-corrected chi connectivity index (χ4v) is 2.14. The van der Waals surface area contributed by atoms with E-state index >= 15 is 0 Å². The smallest absolute Gasteiger partial charge is 0.0963 e. The van der Waals surface area contributed by atoms with Crippen LogP contribution in [0.2, 0.25) is 0 Å². The Bertz CT molecular complexity index is 320. The van der Waals surface area contributed by atoms with Gasteiger partial charge < -0.3 is 10.4 Å². The van der Waals surface area contributed by atoms with Crippen LogP contribution in [0.4, 0.5) is 0 Å². The molecule has 0 aliphatic rings. The Balaban J connectivity index is 2.60. The van der Waals surface area contributed by atoms with Crippen LogP contribution < -0.4 is 5.32 Å². The average Bonchev–Trinajstić information content (AvgIpc) is 2.35. The molecule has 0 bridgehead atoms. The number of aliphatic hydroxyl groups is 1. The average molecular weight is 240 g/mol. The van der Waals surface area contributed by atoms with Crippen LogP contribution >= 0.6 is 11.8 Å². The van der Waals surface area contributed by atoms with Crippen molar-refractivity contribution < 1.29 is 5.11 Å². The van der Waals surface area contributed by atoms with Crippen LogP contribution in [0.1, 0.15) is 25.5 Å². The van der Waals surface area contributed by atoms with Crippen molar-refractivity contribution in [3.63, 3.8) is 0 Å². The van der Waals surface area contributed by atoms with E-state index in [0.29, 0.717) is 12.0 Å². The zero-order chi connectivity index (χ0) is 12.0. The largest absolute Gasteiger partial charge is 0.396 e. The van der Waals surface area contributed by atoms with Gasteiger partial charge in [0, 0.05) is 24.6 Å². The number of hydrogen-bond acceptors (Lipinski definition) is 4. The minimum atomic E-state index is 0.236. The standard InChI is InChI=1S/C12H20N2OS/c1-9(7-15)8-16-12-6-11(4-5-14-12)10(2)13-3/h4-6,9-10,13,15H,7-8H2,1-3H3. The van der Waals surface area contributed by atoms with Gasteiger partial charge in [0.25, 0.3) is 0 Å². The molecule has 0 fully saturated rings. The van der Waals surface area contributed by atoms with Crippen LogP contribution in [0.25, 0.3) is 0 Å². The van der Waals surface area contributed by atoms with Gasteiger partial charge >= 0.3 is 0 Å². The molecule has 0 spiro atoms. The molecule has 0 saturated heterocycles. The van der Waals surface area contributed by atoms with Gasteiger partial charge in [0.2, 0.25) is 0 Å². The second-order valence-electron chi connectivity index (χ2n) is 4.04. The quantitative estimate of drug-likeness (QED) is 0.747. The molecule has 1 heterocycles. The number of hydrogen-bond donors (Lipinski definition) is 2. The Hall–Kier alpha value is -0.580. The molecule has 0 aromatic carbocycles. The van der Waals surface area contributed by atoms with Crippen molar-refractivity contribution in [2.75, 3.05) is 19.4 Å². The SMILES string of the molecule is CNC(C)c1ccnc(SCC(C)CO)c1. The van der Waals surface area contributed by atoms with Crippen LogP contribution in [-0.2, 0) is 0 Å². The Morgan fingerprint density at radius 1 is 1.50 bits per heavy atom. The highest BCUT2D eigenvalue weighted by atomic mass is 32.2. The molecule has 16 heavy (non-hydrogen) atoms. The van der Waals surface area contributed by atoms with Gasteiger partial charge in [0.05, 0.1) is 5.03 Å². The third kappa shape index (κ3) is 4.12. The second kappa shape index (κ2) is 6.89. The van der Waals surface area contributed by atoms with Gasteiger partial charge in [-0.1, -0.05) is 6.92 Å². The first-order chi connectivity index (χ1) is 7.67. The third-order valence-corrected chi connectivity index (χ3v) is 3.77. The van der Waals surface area contributed by atoms with Gasteiger partial charge in [0.1, 0.15) is 0 Å². The van der Waals surface area contributed by atoms with E-state index in [2.05, 4.69) is 23.3 Å². The summed E-state index contributed by atoms with van der Waals surface area (Å²) in [5.74, 6) is 1.22. The highest BCUT2D eigenvalue weighted by Gasteiger charge is 2.06. The lowest BCUT2D eigenvalue weighted by Crippen LogP contribution is -2.12. The summed E-state index contributed by atoms with van der Waals surface area (Å²) < 4.78 is 0. The first kappa shape index (κ1) is 13.5. The Morgan fingerprint density at radius 3 is 2.88 bits per heavy atom. The molecule has 2 N–H and O–H groups in total. The van der Waals surface area contributed by atoms with E-state index in [9.17, 15) is 0 Å². The topological polar surface area (TPSA) is 45.2 Å².